The van der Waals surface area contributed by atoms with Crippen LogP contribution in [0.3, 0.4) is 0 Å². The van der Waals surface area contributed by atoms with Gasteiger partial charge in [-0.05, 0) is 61.4 Å². The Morgan fingerprint density at radius 3 is 2.62 bits per heavy atom. The summed E-state index contributed by atoms with van der Waals surface area (Å²) in [4.78, 5) is 0. The number of benzene rings is 1. The van der Waals surface area contributed by atoms with Crippen LogP contribution in [0.25, 0.3) is 0 Å². The van der Waals surface area contributed by atoms with Crippen LogP contribution < -0.4 is 10.1 Å². The number of hydrogen-bond acceptors (Lipinski definition) is 2. The summed E-state index contributed by atoms with van der Waals surface area (Å²) in [6.45, 7) is 5.63. The first kappa shape index (κ1) is 16.8. The average molecular weight is 354 g/mol. The summed E-state index contributed by atoms with van der Waals surface area (Å²) in [6, 6.07) is 6.85. The van der Waals surface area contributed by atoms with Gasteiger partial charge in [-0.25, -0.2) is 0 Å². The van der Waals surface area contributed by atoms with Gasteiger partial charge >= 0.3 is 0 Å². The van der Waals surface area contributed by atoms with Gasteiger partial charge in [0.2, 0.25) is 0 Å². The molecule has 1 N–H and O–H groups in total. The van der Waals surface area contributed by atoms with Crippen molar-refractivity contribution in [3.63, 3.8) is 0 Å². The zero-order chi connectivity index (χ0) is 15.2. The minimum absolute atomic E-state index is 0.575. The number of ether oxygens (including phenoxy) is 1. The van der Waals surface area contributed by atoms with Gasteiger partial charge in [0.1, 0.15) is 5.75 Å². The van der Waals surface area contributed by atoms with E-state index >= 15 is 0 Å². The molecular formula is C18H28BrNO. The topological polar surface area (TPSA) is 21.3 Å². The van der Waals surface area contributed by atoms with Gasteiger partial charge in [-0.2, -0.15) is 0 Å². The molecule has 0 amide bonds. The third kappa shape index (κ3) is 4.72. The Labute approximate surface area is 137 Å². The van der Waals surface area contributed by atoms with Crippen molar-refractivity contribution in [2.24, 2.45) is 11.8 Å². The summed E-state index contributed by atoms with van der Waals surface area (Å²) in [5.74, 6) is 2.66. The van der Waals surface area contributed by atoms with Crippen molar-refractivity contribution in [3.8, 4) is 5.75 Å². The molecular weight excluding hydrogens is 326 g/mol. The fraction of sp³-hybridized carbons (Fsp3) is 0.667. The maximum absolute atomic E-state index is 5.37. The zero-order valence-electron chi connectivity index (χ0n) is 13.5. The number of hydrogen-bond donors (Lipinski definition) is 1. The Kier molecular flexibility index (Phi) is 6.56. The van der Waals surface area contributed by atoms with Gasteiger partial charge in [0.05, 0.1) is 7.11 Å². The average Bonchev–Trinajstić information content (AvgIpc) is 2.49. The van der Waals surface area contributed by atoms with E-state index in [-0.39, 0.29) is 0 Å². The molecule has 2 nitrogen and oxygen atoms in total. The first-order valence-corrected chi connectivity index (χ1v) is 8.99. The SMILES string of the molecule is CCNC(Cc1cc(OC)ccc1Br)C1CCC(C)CC1. The van der Waals surface area contributed by atoms with Gasteiger partial charge in [0.25, 0.3) is 0 Å². The Morgan fingerprint density at radius 1 is 1.29 bits per heavy atom. The van der Waals surface area contributed by atoms with E-state index in [1.54, 1.807) is 7.11 Å². The molecule has 2 rings (SSSR count). The Morgan fingerprint density at radius 2 is 2.00 bits per heavy atom. The van der Waals surface area contributed by atoms with Gasteiger partial charge in [-0.15, -0.1) is 0 Å². The quantitative estimate of drug-likeness (QED) is 0.792. The predicted molar refractivity (Wildman–Crippen MR) is 93.0 cm³/mol. The van der Waals surface area contributed by atoms with E-state index in [9.17, 15) is 0 Å². The van der Waals surface area contributed by atoms with Crippen LogP contribution in [-0.2, 0) is 6.42 Å². The van der Waals surface area contributed by atoms with E-state index in [1.165, 1.54) is 35.7 Å². The molecule has 0 spiro atoms. The molecule has 0 bridgehead atoms. The molecule has 0 radical (unpaired) electrons. The second-order valence-electron chi connectivity index (χ2n) is 6.35. The number of methoxy groups -OCH3 is 1. The fourth-order valence-corrected chi connectivity index (χ4v) is 3.84. The number of likely N-dealkylation sites (N-methyl/N-ethyl adjacent to an activating group) is 1. The Bertz CT molecular complexity index is 441. The van der Waals surface area contributed by atoms with Gasteiger partial charge in [0, 0.05) is 10.5 Å². The highest BCUT2D eigenvalue weighted by molar-refractivity contribution is 9.10. The molecule has 1 aliphatic rings. The lowest BCUT2D eigenvalue weighted by molar-refractivity contribution is 0.230. The highest BCUT2D eigenvalue weighted by Crippen LogP contribution is 2.33. The lowest BCUT2D eigenvalue weighted by Crippen LogP contribution is -2.39. The van der Waals surface area contributed by atoms with Crippen molar-refractivity contribution in [2.45, 2.75) is 52.0 Å². The molecule has 0 aromatic heterocycles. The van der Waals surface area contributed by atoms with Crippen LogP contribution in [0.5, 0.6) is 5.75 Å². The predicted octanol–water partition coefficient (Wildman–Crippen LogP) is 4.80. The smallest absolute Gasteiger partial charge is 0.119 e. The molecule has 1 aromatic rings. The zero-order valence-corrected chi connectivity index (χ0v) is 15.1. The van der Waals surface area contributed by atoms with Crippen molar-refractivity contribution in [3.05, 3.63) is 28.2 Å². The standard InChI is InChI=1S/C18H28BrNO/c1-4-20-18(14-7-5-13(2)6-8-14)12-15-11-16(21-3)9-10-17(15)19/h9-11,13-14,18,20H,4-8,12H2,1-3H3. The molecule has 1 atom stereocenters. The summed E-state index contributed by atoms with van der Waals surface area (Å²) in [5, 5.41) is 3.72. The van der Waals surface area contributed by atoms with Crippen LogP contribution >= 0.6 is 15.9 Å². The maximum Gasteiger partial charge on any atom is 0.119 e. The minimum atomic E-state index is 0.575. The first-order chi connectivity index (χ1) is 10.1. The van der Waals surface area contributed by atoms with E-state index in [0.29, 0.717) is 6.04 Å². The first-order valence-electron chi connectivity index (χ1n) is 8.19. The van der Waals surface area contributed by atoms with Gasteiger partial charge < -0.3 is 10.1 Å². The van der Waals surface area contributed by atoms with Crippen LogP contribution in [-0.4, -0.2) is 19.7 Å². The number of halogens is 1. The second kappa shape index (κ2) is 8.19. The Balaban J connectivity index is 2.08. The van der Waals surface area contributed by atoms with Crippen LogP contribution in [0.15, 0.2) is 22.7 Å². The van der Waals surface area contributed by atoms with Crippen molar-refractivity contribution in [2.75, 3.05) is 13.7 Å². The van der Waals surface area contributed by atoms with Crippen molar-refractivity contribution >= 4 is 15.9 Å². The summed E-state index contributed by atoms with van der Waals surface area (Å²) >= 11 is 3.69. The fourth-order valence-electron chi connectivity index (χ4n) is 3.43. The lowest BCUT2D eigenvalue weighted by atomic mass is 9.77. The molecule has 0 aliphatic heterocycles. The summed E-state index contributed by atoms with van der Waals surface area (Å²) in [7, 11) is 1.73. The molecule has 1 aliphatic carbocycles. The maximum atomic E-state index is 5.37. The van der Waals surface area contributed by atoms with E-state index in [2.05, 4.69) is 47.2 Å². The third-order valence-electron chi connectivity index (χ3n) is 4.79. The Hall–Kier alpha value is -0.540. The molecule has 1 unspecified atom stereocenters. The highest BCUT2D eigenvalue weighted by Gasteiger charge is 2.26. The summed E-state index contributed by atoms with van der Waals surface area (Å²) in [6.07, 6.45) is 6.56. The van der Waals surface area contributed by atoms with E-state index in [0.717, 1.165) is 30.6 Å². The minimum Gasteiger partial charge on any atom is -0.497 e. The molecule has 1 fully saturated rings. The largest absolute Gasteiger partial charge is 0.497 e. The van der Waals surface area contributed by atoms with E-state index in [4.69, 9.17) is 4.74 Å². The molecule has 1 aromatic carbocycles. The molecule has 3 heteroatoms. The monoisotopic (exact) mass is 353 g/mol. The van der Waals surface area contributed by atoms with Crippen LogP contribution in [0.2, 0.25) is 0 Å². The van der Waals surface area contributed by atoms with E-state index < -0.39 is 0 Å². The van der Waals surface area contributed by atoms with Crippen molar-refractivity contribution in [1.29, 1.82) is 0 Å². The molecule has 118 valence electrons. The van der Waals surface area contributed by atoms with Crippen LogP contribution in [0.1, 0.15) is 45.1 Å². The van der Waals surface area contributed by atoms with Crippen molar-refractivity contribution in [1.82, 2.24) is 5.32 Å². The molecule has 1 saturated carbocycles. The second-order valence-corrected chi connectivity index (χ2v) is 7.20. The lowest BCUT2D eigenvalue weighted by Gasteiger charge is -2.33. The highest BCUT2D eigenvalue weighted by atomic mass is 79.9. The number of nitrogens with one attached hydrogen (secondary N) is 1. The third-order valence-corrected chi connectivity index (χ3v) is 5.56. The van der Waals surface area contributed by atoms with Gasteiger partial charge in [0.15, 0.2) is 0 Å². The summed E-state index contributed by atoms with van der Waals surface area (Å²) in [5.41, 5.74) is 1.35. The van der Waals surface area contributed by atoms with Gasteiger partial charge in [-0.3, -0.25) is 0 Å². The van der Waals surface area contributed by atoms with Crippen LogP contribution in [0.4, 0.5) is 0 Å². The normalized spacial score (nSPS) is 23.8. The molecule has 21 heavy (non-hydrogen) atoms. The summed E-state index contributed by atoms with van der Waals surface area (Å²) < 4.78 is 6.56. The molecule has 0 heterocycles. The van der Waals surface area contributed by atoms with Crippen LogP contribution in [0, 0.1) is 11.8 Å². The molecule has 0 saturated heterocycles. The van der Waals surface area contributed by atoms with E-state index in [1.807, 2.05) is 6.07 Å². The van der Waals surface area contributed by atoms with Gasteiger partial charge in [-0.1, -0.05) is 42.6 Å². The van der Waals surface area contributed by atoms with Crippen molar-refractivity contribution < 1.29 is 4.74 Å². The number of rotatable bonds is 6.